The molecule has 0 atom stereocenters. The molecule has 0 saturated carbocycles. The lowest BCUT2D eigenvalue weighted by Gasteiger charge is -2.23. The maximum absolute atomic E-state index is 11.6. The summed E-state index contributed by atoms with van der Waals surface area (Å²) in [6.07, 6.45) is 0. The van der Waals surface area contributed by atoms with E-state index in [-0.39, 0.29) is 5.91 Å². The minimum atomic E-state index is -0.418. The number of rotatable bonds is 5. The summed E-state index contributed by atoms with van der Waals surface area (Å²) < 4.78 is 0.883. The molecule has 5 heteroatoms. The Morgan fingerprint density at radius 1 is 1.44 bits per heavy atom. The van der Waals surface area contributed by atoms with Crippen LogP contribution in [-0.2, 0) is 11.3 Å². The fourth-order valence-corrected chi connectivity index (χ4v) is 2.13. The van der Waals surface area contributed by atoms with E-state index >= 15 is 0 Å². The average Bonchev–Trinajstić information content (AvgIpc) is 2.32. The highest BCUT2D eigenvalue weighted by Crippen LogP contribution is 2.23. The second-order valence-corrected chi connectivity index (χ2v) is 6.08. The van der Waals surface area contributed by atoms with Crippen molar-refractivity contribution in [3.05, 3.63) is 33.3 Å². The van der Waals surface area contributed by atoms with Gasteiger partial charge in [-0.3, -0.25) is 4.79 Å². The van der Waals surface area contributed by atoms with Crippen molar-refractivity contribution >= 4 is 33.4 Å². The second kappa shape index (κ2) is 6.55. The van der Waals surface area contributed by atoms with E-state index in [0.29, 0.717) is 18.1 Å². The van der Waals surface area contributed by atoms with Crippen LogP contribution in [0.15, 0.2) is 22.7 Å². The lowest BCUT2D eigenvalue weighted by Crippen LogP contribution is -2.41. The molecule has 0 unspecified atom stereocenters. The van der Waals surface area contributed by atoms with E-state index in [1.165, 1.54) is 0 Å². The van der Waals surface area contributed by atoms with Gasteiger partial charge in [0, 0.05) is 24.6 Å². The molecule has 0 aliphatic rings. The number of carbonyl (C=O) groups excluding carboxylic acids is 1. The third kappa shape index (κ3) is 4.26. The Labute approximate surface area is 121 Å². The lowest BCUT2D eigenvalue weighted by molar-refractivity contribution is -0.128. The first kappa shape index (κ1) is 15.5. The van der Waals surface area contributed by atoms with Crippen LogP contribution < -0.4 is 10.6 Å². The van der Waals surface area contributed by atoms with Crippen molar-refractivity contribution in [1.82, 2.24) is 10.6 Å². The Morgan fingerprint density at radius 2 is 2.11 bits per heavy atom. The quantitative estimate of drug-likeness (QED) is 0.870. The van der Waals surface area contributed by atoms with Gasteiger partial charge in [-0.2, -0.15) is 0 Å². The van der Waals surface area contributed by atoms with Crippen LogP contribution in [-0.4, -0.2) is 19.5 Å². The molecule has 100 valence electrons. The summed E-state index contributed by atoms with van der Waals surface area (Å²) in [5.41, 5.74) is 0.706. The number of nitrogens with one attached hydrogen (secondary N) is 2. The van der Waals surface area contributed by atoms with Crippen molar-refractivity contribution in [2.45, 2.75) is 20.4 Å². The molecule has 1 aromatic rings. The van der Waals surface area contributed by atoms with Gasteiger partial charge in [-0.15, -0.1) is 0 Å². The molecular formula is C13H18BrClN2O. The van der Waals surface area contributed by atoms with Gasteiger partial charge in [-0.05, 0) is 47.5 Å². The number of hydrogen-bond acceptors (Lipinski definition) is 2. The molecule has 0 bridgehead atoms. The summed E-state index contributed by atoms with van der Waals surface area (Å²) in [5, 5.41) is 6.64. The maximum Gasteiger partial charge on any atom is 0.226 e. The largest absolute Gasteiger partial charge is 0.359 e. The van der Waals surface area contributed by atoms with E-state index in [1.54, 1.807) is 7.05 Å². The zero-order valence-electron chi connectivity index (χ0n) is 10.8. The number of benzene rings is 1. The van der Waals surface area contributed by atoms with Gasteiger partial charge in [-0.25, -0.2) is 0 Å². The Balaban J connectivity index is 2.51. The van der Waals surface area contributed by atoms with Crippen LogP contribution in [0.5, 0.6) is 0 Å². The van der Waals surface area contributed by atoms with Gasteiger partial charge in [0.2, 0.25) is 5.91 Å². The van der Waals surface area contributed by atoms with Gasteiger partial charge >= 0.3 is 0 Å². The molecule has 0 saturated heterocycles. The molecule has 0 radical (unpaired) electrons. The van der Waals surface area contributed by atoms with Crippen molar-refractivity contribution < 1.29 is 4.79 Å². The smallest absolute Gasteiger partial charge is 0.226 e. The number of halogens is 2. The summed E-state index contributed by atoms with van der Waals surface area (Å²) in [6.45, 7) is 5.15. The predicted molar refractivity (Wildman–Crippen MR) is 78.7 cm³/mol. The monoisotopic (exact) mass is 332 g/mol. The Hall–Kier alpha value is -0.580. The molecule has 3 nitrogen and oxygen atoms in total. The molecular weight excluding hydrogens is 316 g/mol. The molecule has 1 rings (SSSR count). The zero-order valence-corrected chi connectivity index (χ0v) is 13.2. The van der Waals surface area contributed by atoms with Gasteiger partial charge in [0.25, 0.3) is 0 Å². The van der Waals surface area contributed by atoms with Crippen molar-refractivity contribution in [2.75, 3.05) is 13.6 Å². The molecule has 0 aliphatic heterocycles. The Morgan fingerprint density at radius 3 is 2.67 bits per heavy atom. The van der Waals surface area contributed by atoms with Crippen molar-refractivity contribution in [1.29, 1.82) is 0 Å². The van der Waals surface area contributed by atoms with Gasteiger partial charge in [0.15, 0.2) is 0 Å². The molecule has 0 spiro atoms. The molecule has 2 N–H and O–H groups in total. The molecule has 1 amide bonds. The van der Waals surface area contributed by atoms with E-state index in [9.17, 15) is 4.79 Å². The summed E-state index contributed by atoms with van der Waals surface area (Å²) >= 11 is 9.32. The molecule has 1 aromatic carbocycles. The van der Waals surface area contributed by atoms with Gasteiger partial charge < -0.3 is 10.6 Å². The highest BCUT2D eigenvalue weighted by atomic mass is 79.9. The Kier molecular flexibility index (Phi) is 5.63. The summed E-state index contributed by atoms with van der Waals surface area (Å²) in [6, 6.07) is 5.79. The van der Waals surface area contributed by atoms with Crippen LogP contribution in [0.1, 0.15) is 19.4 Å². The van der Waals surface area contributed by atoms with Crippen molar-refractivity contribution in [3.8, 4) is 0 Å². The van der Waals surface area contributed by atoms with E-state index in [4.69, 9.17) is 11.6 Å². The predicted octanol–water partition coefficient (Wildman–Crippen LogP) is 2.96. The number of carbonyl (C=O) groups is 1. The van der Waals surface area contributed by atoms with E-state index in [2.05, 4.69) is 26.6 Å². The highest BCUT2D eigenvalue weighted by Gasteiger charge is 2.25. The Bertz CT molecular complexity index is 435. The summed E-state index contributed by atoms with van der Waals surface area (Å²) in [7, 11) is 1.65. The van der Waals surface area contributed by atoms with E-state index < -0.39 is 5.41 Å². The third-order valence-electron chi connectivity index (χ3n) is 2.72. The first-order chi connectivity index (χ1) is 8.36. The first-order valence-electron chi connectivity index (χ1n) is 5.73. The number of hydrogen-bond donors (Lipinski definition) is 2. The van der Waals surface area contributed by atoms with Crippen molar-refractivity contribution in [3.63, 3.8) is 0 Å². The minimum Gasteiger partial charge on any atom is -0.359 e. The number of amides is 1. The van der Waals surface area contributed by atoms with Crippen LogP contribution >= 0.6 is 27.5 Å². The third-order valence-corrected chi connectivity index (χ3v) is 3.94. The summed E-state index contributed by atoms with van der Waals surface area (Å²) in [5.74, 6) is 0.0345. The molecule has 18 heavy (non-hydrogen) atoms. The average molecular weight is 334 g/mol. The topological polar surface area (TPSA) is 41.1 Å². The maximum atomic E-state index is 11.6. The van der Waals surface area contributed by atoms with Gasteiger partial charge in [-0.1, -0.05) is 17.7 Å². The van der Waals surface area contributed by atoms with Crippen LogP contribution in [0.2, 0.25) is 5.02 Å². The zero-order chi connectivity index (χ0) is 13.8. The molecule has 0 aromatic heterocycles. The minimum absolute atomic E-state index is 0.0345. The van der Waals surface area contributed by atoms with Crippen molar-refractivity contribution in [2.24, 2.45) is 5.41 Å². The van der Waals surface area contributed by atoms with Gasteiger partial charge in [0.05, 0.1) is 10.4 Å². The van der Waals surface area contributed by atoms with Crippen LogP contribution in [0.4, 0.5) is 0 Å². The summed E-state index contributed by atoms with van der Waals surface area (Å²) in [4.78, 5) is 11.6. The van der Waals surface area contributed by atoms with E-state index in [0.717, 1.165) is 10.0 Å². The molecule has 0 aliphatic carbocycles. The lowest BCUT2D eigenvalue weighted by atomic mass is 9.92. The SMILES string of the molecule is CNC(=O)C(C)(C)CNCc1ccc(Cl)c(Br)c1. The molecule has 0 heterocycles. The van der Waals surface area contributed by atoms with E-state index in [1.807, 2.05) is 32.0 Å². The van der Waals surface area contributed by atoms with Crippen LogP contribution in [0, 0.1) is 5.41 Å². The fourth-order valence-electron chi connectivity index (χ4n) is 1.59. The fraction of sp³-hybridized carbons (Fsp3) is 0.462. The van der Waals surface area contributed by atoms with Gasteiger partial charge in [0.1, 0.15) is 0 Å². The standard InChI is InChI=1S/C13H18BrClN2O/c1-13(2,12(18)16-3)8-17-7-9-4-5-11(15)10(14)6-9/h4-6,17H,7-8H2,1-3H3,(H,16,18). The highest BCUT2D eigenvalue weighted by molar-refractivity contribution is 9.10. The first-order valence-corrected chi connectivity index (χ1v) is 6.91. The van der Waals surface area contributed by atoms with Crippen LogP contribution in [0.3, 0.4) is 0 Å². The normalized spacial score (nSPS) is 11.4. The second-order valence-electron chi connectivity index (χ2n) is 4.82. The van der Waals surface area contributed by atoms with Crippen LogP contribution in [0.25, 0.3) is 0 Å². The molecule has 0 fully saturated rings.